The second-order valence-corrected chi connectivity index (χ2v) is 7.31. The number of rotatable bonds is 3. The van der Waals surface area contributed by atoms with E-state index in [1.54, 1.807) is 0 Å². The highest BCUT2D eigenvalue weighted by molar-refractivity contribution is 7.20. The van der Waals surface area contributed by atoms with Crippen molar-refractivity contribution in [1.29, 1.82) is 0 Å². The fourth-order valence-corrected chi connectivity index (χ4v) is 4.14. The topological polar surface area (TPSA) is 54.9 Å². The van der Waals surface area contributed by atoms with Crippen LogP contribution in [-0.4, -0.2) is 22.1 Å². The number of nitrogens with zero attached hydrogens (tertiary/aromatic N) is 2. The van der Waals surface area contributed by atoms with Crippen LogP contribution in [-0.2, 0) is 0 Å². The van der Waals surface area contributed by atoms with Gasteiger partial charge in [0.15, 0.2) is 0 Å². The predicted molar refractivity (Wildman–Crippen MR) is 84.0 cm³/mol. The molecule has 21 heavy (non-hydrogen) atoms. The quantitative estimate of drug-likeness (QED) is 0.944. The van der Waals surface area contributed by atoms with E-state index in [2.05, 4.69) is 22.4 Å². The van der Waals surface area contributed by atoms with E-state index in [1.165, 1.54) is 47.1 Å². The number of thiophene rings is 1. The van der Waals surface area contributed by atoms with Crippen molar-refractivity contribution < 1.29 is 4.79 Å². The second-order valence-electron chi connectivity index (χ2n) is 6.31. The van der Waals surface area contributed by atoms with Gasteiger partial charge in [-0.05, 0) is 63.0 Å². The first-order chi connectivity index (χ1) is 10.1. The average Bonchev–Trinajstić information content (AvgIpc) is 3.18. The van der Waals surface area contributed by atoms with Crippen molar-refractivity contribution in [2.24, 2.45) is 0 Å². The van der Waals surface area contributed by atoms with Crippen LogP contribution < -0.4 is 5.32 Å². The molecule has 2 aromatic rings. The number of fused-ring (bicyclic) bond motifs is 1. The summed E-state index contributed by atoms with van der Waals surface area (Å²) in [5.41, 5.74) is 3.39. The largest absolute Gasteiger partial charge is 0.349 e. The van der Waals surface area contributed by atoms with E-state index in [9.17, 15) is 4.79 Å². The summed E-state index contributed by atoms with van der Waals surface area (Å²) in [6.07, 6.45) is 5.85. The maximum Gasteiger partial charge on any atom is 0.261 e. The summed E-state index contributed by atoms with van der Waals surface area (Å²) in [6, 6.07) is 0.378. The van der Waals surface area contributed by atoms with Gasteiger partial charge in [-0.1, -0.05) is 0 Å². The van der Waals surface area contributed by atoms with Crippen molar-refractivity contribution in [2.45, 2.75) is 57.9 Å². The third-order valence-corrected chi connectivity index (χ3v) is 5.86. The van der Waals surface area contributed by atoms with E-state index in [1.807, 2.05) is 6.92 Å². The van der Waals surface area contributed by atoms with Crippen molar-refractivity contribution >= 4 is 27.5 Å². The van der Waals surface area contributed by atoms with E-state index >= 15 is 0 Å². The lowest BCUT2D eigenvalue weighted by Crippen LogP contribution is -2.39. The lowest BCUT2D eigenvalue weighted by atomic mass is 9.93. The minimum absolute atomic E-state index is 0.0988. The molecular weight excluding hydrogens is 282 g/mol. The molecule has 0 bridgehead atoms. The van der Waals surface area contributed by atoms with Gasteiger partial charge in [-0.3, -0.25) is 4.79 Å². The van der Waals surface area contributed by atoms with Crippen LogP contribution in [0.1, 0.15) is 64.5 Å². The van der Waals surface area contributed by atoms with Crippen LogP contribution in [0.4, 0.5) is 0 Å². The molecule has 5 heteroatoms. The molecule has 1 amide bonds. The third kappa shape index (κ3) is 2.14. The summed E-state index contributed by atoms with van der Waals surface area (Å²) in [7, 11) is 0. The molecule has 2 aromatic heterocycles. The van der Waals surface area contributed by atoms with Gasteiger partial charge >= 0.3 is 0 Å². The van der Waals surface area contributed by atoms with Gasteiger partial charge < -0.3 is 5.32 Å². The molecule has 2 aliphatic rings. The van der Waals surface area contributed by atoms with Crippen LogP contribution in [0.5, 0.6) is 0 Å². The number of hydrogen-bond donors (Lipinski definition) is 1. The molecule has 4 nitrogen and oxygen atoms in total. The third-order valence-electron chi connectivity index (χ3n) is 4.77. The van der Waals surface area contributed by atoms with E-state index in [4.69, 9.17) is 0 Å². The van der Waals surface area contributed by atoms with Gasteiger partial charge in [0.05, 0.1) is 10.6 Å². The van der Waals surface area contributed by atoms with Crippen LogP contribution in [0, 0.1) is 13.8 Å². The van der Waals surface area contributed by atoms with Crippen molar-refractivity contribution in [3.8, 4) is 0 Å². The molecule has 1 N–H and O–H groups in total. The van der Waals surface area contributed by atoms with Gasteiger partial charge in [0.1, 0.15) is 4.83 Å². The molecule has 2 heterocycles. The molecule has 0 atom stereocenters. The lowest BCUT2D eigenvalue weighted by Gasteiger charge is -2.26. The Morgan fingerprint density at radius 2 is 1.95 bits per heavy atom. The number of nitrogens with one attached hydrogen (secondary N) is 1. The van der Waals surface area contributed by atoms with Crippen LogP contribution >= 0.6 is 11.3 Å². The van der Waals surface area contributed by atoms with Crippen LogP contribution in [0.15, 0.2) is 0 Å². The van der Waals surface area contributed by atoms with Gasteiger partial charge in [-0.2, -0.15) is 5.10 Å². The molecule has 4 rings (SSSR count). The van der Waals surface area contributed by atoms with Gasteiger partial charge in [0, 0.05) is 11.4 Å². The summed E-state index contributed by atoms with van der Waals surface area (Å²) in [5, 5.41) is 12.9. The molecule has 2 fully saturated rings. The minimum Gasteiger partial charge on any atom is -0.349 e. The SMILES string of the molecule is Cc1nnc2sc(C(=O)NC3CCC3)c(C3CC3)c2c1C. The Balaban J connectivity index is 1.82. The van der Waals surface area contributed by atoms with Crippen LogP contribution in [0.25, 0.3) is 10.2 Å². The minimum atomic E-state index is 0.0988. The molecule has 0 radical (unpaired) electrons. The normalized spacial score (nSPS) is 18.8. The van der Waals surface area contributed by atoms with Gasteiger partial charge in [-0.15, -0.1) is 16.4 Å². The molecule has 0 aromatic carbocycles. The fraction of sp³-hybridized carbons (Fsp3) is 0.562. The van der Waals surface area contributed by atoms with Crippen molar-refractivity contribution in [3.63, 3.8) is 0 Å². The smallest absolute Gasteiger partial charge is 0.261 e. The van der Waals surface area contributed by atoms with Gasteiger partial charge in [0.2, 0.25) is 0 Å². The zero-order chi connectivity index (χ0) is 14.6. The number of aryl methyl sites for hydroxylation is 2. The standard InChI is InChI=1S/C16H19N3OS/c1-8-9(2)18-19-16-12(8)13(10-6-7-10)14(21-16)15(20)17-11-4-3-5-11/h10-11H,3-7H2,1-2H3,(H,17,20). The van der Waals surface area contributed by atoms with E-state index in [-0.39, 0.29) is 5.91 Å². The number of aromatic nitrogens is 2. The van der Waals surface area contributed by atoms with Gasteiger partial charge in [0.25, 0.3) is 5.91 Å². The Morgan fingerprint density at radius 1 is 1.19 bits per heavy atom. The van der Waals surface area contributed by atoms with E-state index in [0.29, 0.717) is 12.0 Å². The number of amides is 1. The zero-order valence-corrected chi connectivity index (χ0v) is 13.2. The molecule has 2 saturated carbocycles. The first-order valence-corrected chi connectivity index (χ1v) is 8.54. The van der Waals surface area contributed by atoms with Crippen LogP contribution in [0.2, 0.25) is 0 Å². The lowest BCUT2D eigenvalue weighted by molar-refractivity contribution is 0.0920. The molecule has 0 unspecified atom stereocenters. The molecule has 0 spiro atoms. The first-order valence-electron chi connectivity index (χ1n) is 7.72. The molecule has 0 aliphatic heterocycles. The highest BCUT2D eigenvalue weighted by Crippen LogP contribution is 2.48. The average molecular weight is 301 g/mol. The summed E-state index contributed by atoms with van der Waals surface area (Å²) >= 11 is 1.51. The van der Waals surface area contributed by atoms with Crippen molar-refractivity contribution in [1.82, 2.24) is 15.5 Å². The predicted octanol–water partition coefficient (Wildman–Crippen LogP) is 3.47. The van der Waals surface area contributed by atoms with Crippen molar-refractivity contribution in [3.05, 3.63) is 21.7 Å². The molecule has 2 aliphatic carbocycles. The Morgan fingerprint density at radius 3 is 2.57 bits per heavy atom. The summed E-state index contributed by atoms with van der Waals surface area (Å²) in [6.45, 7) is 4.09. The van der Waals surface area contributed by atoms with Crippen LogP contribution in [0.3, 0.4) is 0 Å². The van der Waals surface area contributed by atoms with Gasteiger partial charge in [-0.25, -0.2) is 0 Å². The Labute approximate surface area is 128 Å². The first kappa shape index (κ1) is 13.2. The van der Waals surface area contributed by atoms with E-state index < -0.39 is 0 Å². The number of carbonyl (C=O) groups is 1. The Bertz CT molecular complexity index is 729. The monoisotopic (exact) mass is 301 g/mol. The number of hydrogen-bond acceptors (Lipinski definition) is 4. The van der Waals surface area contributed by atoms with Crippen molar-refractivity contribution in [2.75, 3.05) is 0 Å². The molecule has 0 saturated heterocycles. The summed E-state index contributed by atoms with van der Waals surface area (Å²) in [5.74, 6) is 0.643. The number of carbonyl (C=O) groups excluding carboxylic acids is 1. The van der Waals surface area contributed by atoms with E-state index in [0.717, 1.165) is 28.2 Å². The summed E-state index contributed by atoms with van der Waals surface area (Å²) < 4.78 is 0. The fourth-order valence-electron chi connectivity index (χ4n) is 2.97. The molecular formula is C16H19N3OS. The highest BCUT2D eigenvalue weighted by atomic mass is 32.1. The maximum atomic E-state index is 12.6. The zero-order valence-electron chi connectivity index (χ0n) is 12.4. The molecule has 110 valence electrons. The Kier molecular flexibility index (Phi) is 2.99. The second kappa shape index (κ2) is 4.77. The highest BCUT2D eigenvalue weighted by Gasteiger charge is 2.34. The summed E-state index contributed by atoms with van der Waals surface area (Å²) in [4.78, 5) is 14.4. The maximum absolute atomic E-state index is 12.6. The Hall–Kier alpha value is -1.49.